The summed E-state index contributed by atoms with van der Waals surface area (Å²) in [6.07, 6.45) is 4.75. The molecule has 1 saturated heterocycles. The second-order valence-corrected chi connectivity index (χ2v) is 7.97. The van der Waals surface area contributed by atoms with Crippen molar-refractivity contribution in [3.8, 4) is 11.5 Å². The summed E-state index contributed by atoms with van der Waals surface area (Å²) in [6, 6.07) is 13.1. The number of nitrogens with zero attached hydrogens (tertiary/aromatic N) is 1. The minimum Gasteiger partial charge on any atom is -0.454 e. The first-order valence-electron chi connectivity index (χ1n) is 9.67. The van der Waals surface area contributed by atoms with Crippen molar-refractivity contribution in [1.29, 1.82) is 0 Å². The second kappa shape index (κ2) is 9.09. The van der Waals surface area contributed by atoms with E-state index in [2.05, 4.69) is 5.32 Å². The second-order valence-electron chi connectivity index (χ2n) is 6.98. The minimum absolute atomic E-state index is 0.111. The first-order valence-corrected chi connectivity index (χ1v) is 10.5. The molecule has 31 heavy (non-hydrogen) atoms. The summed E-state index contributed by atoms with van der Waals surface area (Å²) in [5.74, 6) is 0.649. The fourth-order valence-corrected chi connectivity index (χ4v) is 3.91. The molecular weight excluding hydrogens is 416 g/mol. The molecule has 1 fully saturated rings. The third-order valence-electron chi connectivity index (χ3n) is 4.71. The van der Waals surface area contributed by atoms with Crippen LogP contribution in [0.5, 0.6) is 11.5 Å². The number of hydrogen-bond donors (Lipinski definition) is 1. The number of rotatable bonds is 6. The van der Waals surface area contributed by atoms with Crippen LogP contribution in [0.3, 0.4) is 0 Å². The van der Waals surface area contributed by atoms with Crippen LogP contribution >= 0.6 is 11.8 Å². The quantitative estimate of drug-likeness (QED) is 0.697. The van der Waals surface area contributed by atoms with Crippen molar-refractivity contribution in [2.75, 3.05) is 19.9 Å². The van der Waals surface area contributed by atoms with Crippen molar-refractivity contribution in [3.63, 3.8) is 0 Å². The lowest BCUT2D eigenvalue weighted by Gasteiger charge is -2.12. The summed E-state index contributed by atoms with van der Waals surface area (Å²) >= 11 is 0.907. The Bertz CT molecular complexity index is 1090. The van der Waals surface area contributed by atoms with Gasteiger partial charge >= 0.3 is 0 Å². The lowest BCUT2D eigenvalue weighted by Crippen LogP contribution is -2.36. The first kappa shape index (κ1) is 20.7. The molecule has 0 atom stereocenters. The van der Waals surface area contributed by atoms with Crippen LogP contribution < -0.4 is 14.8 Å². The zero-order chi connectivity index (χ0) is 21.8. The Morgan fingerprint density at radius 1 is 1.10 bits per heavy atom. The van der Waals surface area contributed by atoms with Gasteiger partial charge in [0, 0.05) is 19.2 Å². The number of thioether (sulfide) groups is 1. The zero-order valence-corrected chi connectivity index (χ0v) is 17.6. The van der Waals surface area contributed by atoms with E-state index < -0.39 is 0 Å². The highest BCUT2D eigenvalue weighted by Gasteiger charge is 2.34. The number of hydrogen-bond acceptors (Lipinski definition) is 6. The predicted octanol–water partition coefficient (Wildman–Crippen LogP) is 3.59. The summed E-state index contributed by atoms with van der Waals surface area (Å²) in [7, 11) is 0. The van der Waals surface area contributed by atoms with Gasteiger partial charge in [0.2, 0.25) is 12.7 Å². The fourth-order valence-electron chi connectivity index (χ4n) is 3.05. The molecule has 0 saturated carbocycles. The summed E-state index contributed by atoms with van der Waals surface area (Å²) in [5.41, 5.74) is 2.78. The van der Waals surface area contributed by atoms with Crippen LogP contribution in [0, 0.1) is 6.92 Å². The third-order valence-corrected chi connectivity index (χ3v) is 5.61. The van der Waals surface area contributed by atoms with Gasteiger partial charge in [-0.05, 0) is 54.1 Å². The van der Waals surface area contributed by atoms with Crippen LogP contribution in [0.4, 0.5) is 4.79 Å². The lowest BCUT2D eigenvalue weighted by atomic mass is 10.1. The highest BCUT2D eigenvalue weighted by molar-refractivity contribution is 8.18. The molecule has 0 aliphatic carbocycles. The highest BCUT2D eigenvalue weighted by atomic mass is 32.2. The number of nitrogens with one attached hydrogen (secondary N) is 1. The molecule has 2 aliphatic rings. The molecule has 0 bridgehead atoms. The van der Waals surface area contributed by atoms with Gasteiger partial charge < -0.3 is 14.8 Å². The number of carbonyl (C=O) groups is 3. The maximum Gasteiger partial charge on any atom is 0.293 e. The van der Waals surface area contributed by atoms with Gasteiger partial charge in [0.1, 0.15) is 0 Å². The number of ether oxygens (including phenoxy) is 2. The largest absolute Gasteiger partial charge is 0.454 e. The minimum atomic E-state index is -0.347. The predicted molar refractivity (Wildman–Crippen MR) is 118 cm³/mol. The SMILES string of the molecule is Cc1ccc(C=C2SC(=O)N(CCNC(=O)C=Cc3ccc4c(c3)OCO4)C2=O)cc1. The monoisotopic (exact) mass is 436 g/mol. The first-order chi connectivity index (χ1) is 15.0. The van der Waals surface area contributed by atoms with Gasteiger partial charge in [0.15, 0.2) is 11.5 Å². The van der Waals surface area contributed by atoms with Crippen LogP contribution in [-0.4, -0.2) is 41.8 Å². The number of aryl methyl sites for hydroxylation is 1. The lowest BCUT2D eigenvalue weighted by molar-refractivity contribution is -0.123. The van der Waals surface area contributed by atoms with Crippen LogP contribution in [0.25, 0.3) is 12.2 Å². The maximum absolute atomic E-state index is 12.5. The van der Waals surface area contributed by atoms with Crippen molar-refractivity contribution in [3.05, 3.63) is 70.1 Å². The van der Waals surface area contributed by atoms with Gasteiger partial charge in [-0.1, -0.05) is 35.9 Å². The van der Waals surface area contributed by atoms with Gasteiger partial charge in [-0.3, -0.25) is 19.3 Å². The van der Waals surface area contributed by atoms with Gasteiger partial charge in [-0.25, -0.2) is 0 Å². The van der Waals surface area contributed by atoms with Crippen LogP contribution in [0.1, 0.15) is 16.7 Å². The molecule has 2 heterocycles. The van der Waals surface area contributed by atoms with E-state index in [-0.39, 0.29) is 36.9 Å². The summed E-state index contributed by atoms with van der Waals surface area (Å²) in [6.45, 7) is 2.45. The zero-order valence-electron chi connectivity index (χ0n) is 16.8. The van der Waals surface area contributed by atoms with Crippen molar-refractivity contribution >= 4 is 41.0 Å². The molecule has 2 aromatic carbocycles. The molecular formula is C23H20N2O5S. The molecule has 8 heteroatoms. The standard InChI is InChI=1S/C23H20N2O5S/c1-15-2-4-17(5-3-15)13-20-22(27)25(23(28)31-20)11-10-24-21(26)9-7-16-6-8-18-19(12-16)30-14-29-18/h2-9,12-13H,10-11,14H2,1H3,(H,24,26). The van der Waals surface area contributed by atoms with Crippen LogP contribution in [0.2, 0.25) is 0 Å². The molecule has 0 unspecified atom stereocenters. The average molecular weight is 436 g/mol. The normalized spacial score (nSPS) is 16.5. The molecule has 1 N–H and O–H groups in total. The van der Waals surface area contributed by atoms with Gasteiger partial charge in [0.25, 0.3) is 11.1 Å². The smallest absolute Gasteiger partial charge is 0.293 e. The van der Waals surface area contributed by atoms with E-state index in [0.717, 1.165) is 33.4 Å². The molecule has 2 aromatic rings. The number of benzene rings is 2. The molecule has 158 valence electrons. The van der Waals surface area contributed by atoms with Gasteiger partial charge in [-0.15, -0.1) is 0 Å². The van der Waals surface area contributed by atoms with E-state index in [0.29, 0.717) is 16.4 Å². The van der Waals surface area contributed by atoms with Crippen LogP contribution in [-0.2, 0) is 9.59 Å². The van der Waals surface area contributed by atoms with Crippen molar-refractivity contribution in [2.45, 2.75) is 6.92 Å². The Balaban J connectivity index is 1.29. The number of amides is 3. The Morgan fingerprint density at radius 3 is 2.65 bits per heavy atom. The van der Waals surface area contributed by atoms with Crippen LogP contribution in [0.15, 0.2) is 53.4 Å². The van der Waals surface area contributed by atoms with E-state index in [9.17, 15) is 14.4 Å². The number of carbonyl (C=O) groups excluding carboxylic acids is 3. The maximum atomic E-state index is 12.5. The van der Waals surface area contributed by atoms with Crippen molar-refractivity contribution < 1.29 is 23.9 Å². The summed E-state index contributed by atoms with van der Waals surface area (Å²) < 4.78 is 10.6. The Labute approximate surface area is 183 Å². The molecule has 4 rings (SSSR count). The van der Waals surface area contributed by atoms with Gasteiger partial charge in [-0.2, -0.15) is 0 Å². The number of imide groups is 1. The van der Waals surface area contributed by atoms with E-state index in [4.69, 9.17) is 9.47 Å². The third kappa shape index (κ3) is 4.97. The van der Waals surface area contributed by atoms with Crippen molar-refractivity contribution in [1.82, 2.24) is 10.2 Å². The fraction of sp³-hybridized carbons (Fsp3) is 0.174. The van der Waals surface area contributed by atoms with E-state index in [1.165, 1.54) is 6.08 Å². The molecule has 0 spiro atoms. The molecule has 2 aliphatic heterocycles. The van der Waals surface area contributed by atoms with Gasteiger partial charge in [0.05, 0.1) is 4.91 Å². The molecule has 7 nitrogen and oxygen atoms in total. The van der Waals surface area contributed by atoms with E-state index >= 15 is 0 Å². The Hall–Kier alpha value is -3.52. The highest BCUT2D eigenvalue weighted by Crippen LogP contribution is 2.33. The van der Waals surface area contributed by atoms with Crippen molar-refractivity contribution in [2.24, 2.45) is 0 Å². The Morgan fingerprint density at radius 2 is 1.84 bits per heavy atom. The average Bonchev–Trinajstić information content (AvgIpc) is 3.33. The molecule has 0 aromatic heterocycles. The van der Waals surface area contributed by atoms with E-state index in [1.807, 2.05) is 37.3 Å². The molecule has 0 radical (unpaired) electrons. The van der Waals surface area contributed by atoms with E-state index in [1.54, 1.807) is 24.3 Å². The number of fused-ring (bicyclic) bond motifs is 1. The molecule has 3 amide bonds. The topological polar surface area (TPSA) is 84.9 Å². The summed E-state index contributed by atoms with van der Waals surface area (Å²) in [5, 5.41) is 2.35. The Kier molecular flexibility index (Phi) is 6.08. The summed E-state index contributed by atoms with van der Waals surface area (Å²) in [4.78, 5) is 38.3.